The Hall–Kier alpha value is -4.86. The molecule has 2 aliphatic rings. The fourth-order valence-electron chi connectivity index (χ4n) is 7.74. The van der Waals surface area contributed by atoms with Gasteiger partial charge in [-0.3, -0.25) is 0 Å². The van der Waals surface area contributed by atoms with Gasteiger partial charge in [-0.25, -0.2) is 33.6 Å². The van der Waals surface area contributed by atoms with Crippen LogP contribution in [0.2, 0.25) is 16.6 Å². The Balaban J connectivity index is 0.000000410. The maximum Gasteiger partial charge on any atom is 0.328 e. The first-order valence-electron chi connectivity index (χ1n) is 18.1. The average molecular weight is 770 g/mol. The van der Waals surface area contributed by atoms with Crippen molar-refractivity contribution in [3.05, 3.63) is 83.3 Å². The number of nitrogens with zero attached hydrogens (tertiary/aromatic N) is 3. The Morgan fingerprint density at radius 1 is 0.852 bits per heavy atom. The van der Waals surface area contributed by atoms with Gasteiger partial charge in [-0.15, -0.1) is 0 Å². The molecule has 1 aromatic heterocycles. The molecule has 15 heteroatoms. The summed E-state index contributed by atoms with van der Waals surface area (Å²) in [6, 6.07) is 11.9. The number of carbonyl (C=O) groups is 4. The number of carboxylic acid groups (broad SMARTS) is 4. The van der Waals surface area contributed by atoms with Crippen molar-refractivity contribution in [2.45, 2.75) is 103 Å². The van der Waals surface area contributed by atoms with E-state index >= 15 is 0 Å². The largest absolute Gasteiger partial charge is 0.543 e. The monoisotopic (exact) mass is 769 g/mol. The molecule has 13 nitrogen and oxygen atoms in total. The lowest BCUT2D eigenvalue weighted by molar-refractivity contribution is -0.134. The van der Waals surface area contributed by atoms with Crippen LogP contribution in [0.15, 0.2) is 65.2 Å². The van der Waals surface area contributed by atoms with Crippen LogP contribution in [-0.2, 0) is 25.7 Å². The molecule has 0 amide bonds. The summed E-state index contributed by atoms with van der Waals surface area (Å²) in [7, 11) is -1.99. The molecule has 0 spiro atoms. The third-order valence-electron chi connectivity index (χ3n) is 9.97. The van der Waals surface area contributed by atoms with Gasteiger partial charge in [-0.05, 0) is 77.3 Å². The van der Waals surface area contributed by atoms with Crippen molar-refractivity contribution >= 4 is 43.2 Å². The van der Waals surface area contributed by atoms with E-state index in [0.717, 1.165) is 55.7 Å². The van der Waals surface area contributed by atoms with E-state index in [4.69, 9.17) is 29.4 Å². The Kier molecular flexibility index (Phi) is 15.7. The first-order chi connectivity index (χ1) is 25.4. The summed E-state index contributed by atoms with van der Waals surface area (Å²) in [4.78, 5) is 38.2. The third-order valence-corrected chi connectivity index (χ3v) is 16.0. The second-order valence-corrected chi connectivity index (χ2v) is 19.6. The smallest absolute Gasteiger partial charge is 0.328 e. The molecule has 54 heavy (non-hydrogen) atoms. The molecule has 4 N–H and O–H groups in total. The van der Waals surface area contributed by atoms with Crippen molar-refractivity contribution < 1.29 is 52.9 Å². The van der Waals surface area contributed by atoms with E-state index in [0.29, 0.717) is 58.5 Å². The van der Waals surface area contributed by atoms with E-state index in [2.05, 4.69) is 81.8 Å². The van der Waals surface area contributed by atoms with Crippen LogP contribution >= 0.6 is 0 Å². The molecule has 0 saturated carbocycles. The molecule has 1 saturated heterocycles. The lowest BCUT2D eigenvalue weighted by Crippen LogP contribution is -2.50. The minimum absolute atomic E-state index is 0.238. The molecule has 3 heterocycles. The number of rotatable bonds is 12. The molecule has 0 aliphatic carbocycles. The van der Waals surface area contributed by atoms with Crippen molar-refractivity contribution in [2.24, 2.45) is 0 Å². The van der Waals surface area contributed by atoms with E-state index in [1.807, 2.05) is 0 Å². The number of carboxylic acids is 4. The van der Waals surface area contributed by atoms with Gasteiger partial charge in [-0.1, -0.05) is 59.7 Å². The standard InChI is InChI=1S/C31H44FN3O2Si.2C4H4O4/c1-8-29-27-11-10-26(37-38(20(2)3,21(4)5)22(6)7)17-24(27)19-35(29)34-15-13-23(14-16-34)31-28-18-25(32)9-12-30(28)36-33-31;2*5-3(6)1-2-4(7)8/h9-12,17-18,20-23,29H,8,13-16,19H2,1-7H3;2*1-2H,(H,5,6)(H,7,8)/b;2*2-1+. The summed E-state index contributed by atoms with van der Waals surface area (Å²) < 4.78 is 26.4. The highest BCUT2D eigenvalue weighted by atomic mass is 28.4. The van der Waals surface area contributed by atoms with Crippen molar-refractivity contribution in [3.8, 4) is 5.75 Å². The second kappa shape index (κ2) is 19.5. The number of fused-ring (bicyclic) bond motifs is 2. The van der Waals surface area contributed by atoms with Gasteiger partial charge in [-0.2, -0.15) is 0 Å². The first-order valence-corrected chi connectivity index (χ1v) is 20.2. The maximum atomic E-state index is 13.9. The van der Waals surface area contributed by atoms with Crippen LogP contribution in [0.3, 0.4) is 0 Å². The SMILES string of the molecule is CCC1c2ccc(O[Si](C(C)C)(C(C)C)C(C)C)cc2CN1N1CCC(c2noc3ccc(F)cc23)CC1.O=C(O)/C=C/C(=O)O.O=C(O)/C=C/C(=O)O. The van der Waals surface area contributed by atoms with Gasteiger partial charge in [0, 0.05) is 61.3 Å². The molecule has 2 aliphatic heterocycles. The number of aliphatic carboxylic acids is 4. The van der Waals surface area contributed by atoms with Crippen LogP contribution < -0.4 is 4.43 Å². The summed E-state index contributed by atoms with van der Waals surface area (Å²) >= 11 is 0. The highest BCUT2D eigenvalue weighted by molar-refractivity contribution is 6.78. The quantitative estimate of drug-likeness (QED) is 0.102. The Bertz CT molecular complexity index is 1740. The van der Waals surface area contributed by atoms with Crippen molar-refractivity contribution in [2.75, 3.05) is 13.1 Å². The Labute approximate surface area is 315 Å². The lowest BCUT2D eigenvalue weighted by atomic mass is 9.92. The normalized spacial score (nSPS) is 16.8. The molecule has 1 unspecified atom stereocenters. The van der Waals surface area contributed by atoms with Gasteiger partial charge < -0.3 is 29.4 Å². The zero-order chi connectivity index (χ0) is 40.3. The van der Waals surface area contributed by atoms with Crippen LogP contribution in [-0.4, -0.2) is 80.9 Å². The number of hydrogen-bond acceptors (Lipinski definition) is 9. The highest BCUT2D eigenvalue weighted by Gasteiger charge is 2.47. The lowest BCUT2D eigenvalue weighted by Gasteiger charge is -2.42. The maximum absolute atomic E-state index is 13.9. The molecule has 0 bridgehead atoms. The molecule has 1 fully saturated rings. The number of piperidine rings is 1. The van der Waals surface area contributed by atoms with Crippen LogP contribution in [0.5, 0.6) is 5.75 Å². The van der Waals surface area contributed by atoms with Crippen LogP contribution in [0, 0.1) is 5.82 Å². The molecular weight excluding hydrogens is 718 g/mol. The van der Waals surface area contributed by atoms with Gasteiger partial charge in [0.25, 0.3) is 8.32 Å². The van der Waals surface area contributed by atoms with Gasteiger partial charge in [0.15, 0.2) is 5.58 Å². The number of hydrogen-bond donors (Lipinski definition) is 4. The number of hydrazine groups is 1. The van der Waals surface area contributed by atoms with Crippen LogP contribution in [0.25, 0.3) is 11.0 Å². The number of halogens is 1. The Morgan fingerprint density at radius 2 is 1.37 bits per heavy atom. The summed E-state index contributed by atoms with van der Waals surface area (Å²) in [5.41, 5.74) is 6.06. The fourth-order valence-corrected chi connectivity index (χ4v) is 13.0. The van der Waals surface area contributed by atoms with Crippen molar-refractivity contribution in [1.82, 2.24) is 15.2 Å². The second-order valence-electron chi connectivity index (χ2n) is 14.3. The number of aromatic nitrogens is 1. The van der Waals surface area contributed by atoms with Crippen molar-refractivity contribution in [3.63, 3.8) is 0 Å². The molecule has 5 rings (SSSR count). The van der Waals surface area contributed by atoms with E-state index < -0.39 is 32.2 Å². The molecule has 2 aromatic carbocycles. The zero-order valence-corrected chi connectivity index (χ0v) is 32.9. The summed E-state index contributed by atoms with van der Waals surface area (Å²) in [5, 5.41) is 41.5. The van der Waals surface area contributed by atoms with Gasteiger partial charge in [0.05, 0.1) is 5.69 Å². The zero-order valence-electron chi connectivity index (χ0n) is 31.9. The van der Waals surface area contributed by atoms with E-state index in [-0.39, 0.29) is 5.82 Å². The first kappa shape index (κ1) is 43.5. The molecule has 3 aromatic rings. The summed E-state index contributed by atoms with van der Waals surface area (Å²) in [5.74, 6) is -3.93. The minimum atomic E-state index is -1.99. The van der Waals surface area contributed by atoms with E-state index in [1.54, 1.807) is 12.1 Å². The van der Waals surface area contributed by atoms with E-state index in [1.165, 1.54) is 17.2 Å². The number of benzene rings is 2. The topological polar surface area (TPSA) is 191 Å². The molecular formula is C39H52FN3O10Si. The van der Waals surface area contributed by atoms with Gasteiger partial charge in [0.1, 0.15) is 11.6 Å². The van der Waals surface area contributed by atoms with Gasteiger partial charge >= 0.3 is 23.9 Å². The molecule has 0 radical (unpaired) electrons. The van der Waals surface area contributed by atoms with Crippen LogP contribution in [0.4, 0.5) is 4.39 Å². The average Bonchev–Trinajstić information content (AvgIpc) is 3.69. The summed E-state index contributed by atoms with van der Waals surface area (Å²) in [6.07, 6.45) is 5.28. The summed E-state index contributed by atoms with van der Waals surface area (Å²) in [6.45, 7) is 19.2. The minimum Gasteiger partial charge on any atom is -0.543 e. The predicted molar refractivity (Wildman–Crippen MR) is 203 cm³/mol. The fraction of sp³-hybridized carbons (Fsp3) is 0.462. The predicted octanol–water partition coefficient (Wildman–Crippen LogP) is 8.01. The van der Waals surface area contributed by atoms with Crippen LogP contribution in [0.1, 0.15) is 96.5 Å². The highest BCUT2D eigenvalue weighted by Crippen LogP contribution is 2.45. The van der Waals surface area contributed by atoms with Gasteiger partial charge in [0.2, 0.25) is 0 Å². The molecule has 1 atom stereocenters. The van der Waals surface area contributed by atoms with Crippen molar-refractivity contribution in [1.29, 1.82) is 0 Å². The molecule has 294 valence electrons. The third kappa shape index (κ3) is 11.1. The van der Waals surface area contributed by atoms with E-state index in [9.17, 15) is 23.6 Å². The Morgan fingerprint density at radius 3 is 1.83 bits per heavy atom.